The van der Waals surface area contributed by atoms with E-state index in [1.807, 2.05) is 0 Å². The van der Waals surface area contributed by atoms with Crippen LogP contribution in [0.3, 0.4) is 0 Å². The van der Waals surface area contributed by atoms with E-state index in [-0.39, 0.29) is 11.9 Å². The number of benzene rings is 1. The number of hydrogen-bond acceptors (Lipinski definition) is 2. The highest BCUT2D eigenvalue weighted by molar-refractivity contribution is 7.99. The quantitative estimate of drug-likeness (QED) is 0.612. The molecule has 0 bridgehead atoms. The number of nitrogens with zero attached hydrogens (tertiary/aromatic N) is 1. The van der Waals surface area contributed by atoms with Gasteiger partial charge in [-0.1, -0.05) is 23.4 Å². The van der Waals surface area contributed by atoms with Crippen molar-refractivity contribution in [3.05, 3.63) is 64.3 Å². The second kappa shape index (κ2) is 6.89. The van der Waals surface area contributed by atoms with Crippen LogP contribution in [-0.2, 0) is 17.4 Å². The van der Waals surface area contributed by atoms with Gasteiger partial charge in [-0.3, -0.25) is 4.79 Å². The van der Waals surface area contributed by atoms with Gasteiger partial charge >= 0.3 is 12.1 Å². The molecule has 0 fully saturated rings. The van der Waals surface area contributed by atoms with E-state index in [1.54, 1.807) is 35.6 Å². The first-order valence-corrected chi connectivity index (χ1v) is 8.72. The third-order valence-electron chi connectivity index (χ3n) is 3.94. The molecule has 3 aromatic rings. The van der Waals surface area contributed by atoms with Gasteiger partial charge in [0.2, 0.25) is 0 Å². The number of aromatic nitrogens is 1. The van der Waals surface area contributed by atoms with Gasteiger partial charge in [-0.25, -0.2) is 0 Å². The van der Waals surface area contributed by atoms with Crippen molar-refractivity contribution in [3.63, 3.8) is 0 Å². The first-order chi connectivity index (χ1) is 12.2. The molecule has 0 unspecified atom stereocenters. The number of carbonyl (C=O) groups is 1. The first kappa shape index (κ1) is 18.7. The average Bonchev–Trinajstić information content (AvgIpc) is 2.81. The van der Waals surface area contributed by atoms with Gasteiger partial charge in [-0.05, 0) is 54.4 Å². The van der Waals surface area contributed by atoms with E-state index in [0.29, 0.717) is 21.2 Å². The highest BCUT2D eigenvalue weighted by atomic mass is 35.5. The Balaban J connectivity index is 2.17. The van der Waals surface area contributed by atoms with Crippen LogP contribution in [0.5, 0.6) is 0 Å². The van der Waals surface area contributed by atoms with Crippen LogP contribution in [-0.4, -0.2) is 15.5 Å². The molecule has 0 saturated heterocycles. The van der Waals surface area contributed by atoms with Crippen LogP contribution >= 0.6 is 23.4 Å². The second-order valence-corrected chi connectivity index (χ2v) is 7.20. The molecule has 0 aliphatic heterocycles. The zero-order chi connectivity index (χ0) is 19.1. The van der Waals surface area contributed by atoms with Gasteiger partial charge in [0, 0.05) is 16.1 Å². The van der Waals surface area contributed by atoms with Crippen LogP contribution in [0.25, 0.3) is 5.52 Å². The first-order valence-electron chi connectivity index (χ1n) is 7.53. The van der Waals surface area contributed by atoms with E-state index in [1.165, 1.54) is 18.0 Å². The molecule has 3 nitrogen and oxygen atoms in total. The summed E-state index contributed by atoms with van der Waals surface area (Å²) in [7, 11) is 0. The Labute approximate surface area is 156 Å². The van der Waals surface area contributed by atoms with Crippen molar-refractivity contribution in [2.45, 2.75) is 29.4 Å². The molecule has 0 spiro atoms. The van der Waals surface area contributed by atoms with Crippen LogP contribution in [0, 0.1) is 6.92 Å². The molecule has 0 saturated carbocycles. The molecule has 8 heteroatoms. The molecule has 26 heavy (non-hydrogen) atoms. The minimum atomic E-state index is -4.50. The summed E-state index contributed by atoms with van der Waals surface area (Å²) in [4.78, 5) is 12.0. The highest BCUT2D eigenvalue weighted by Crippen LogP contribution is 2.38. The molecule has 2 aromatic heterocycles. The third kappa shape index (κ3) is 3.68. The van der Waals surface area contributed by atoms with Crippen LogP contribution in [0.4, 0.5) is 13.2 Å². The molecular weight excluding hydrogens is 387 g/mol. The van der Waals surface area contributed by atoms with Crippen molar-refractivity contribution in [2.24, 2.45) is 0 Å². The standard InChI is InChI=1S/C18H13ClF3NO2S/c1-10-14(9-16(24)25)15-8-11(18(20,21)22)6-7-23(15)17(10)26-13-4-2-12(19)3-5-13/h2-8H,9H2,1H3,(H,24,25). The van der Waals surface area contributed by atoms with E-state index in [9.17, 15) is 18.0 Å². The Hall–Kier alpha value is -2.12. The number of halogens is 4. The number of rotatable bonds is 4. The summed E-state index contributed by atoms with van der Waals surface area (Å²) in [6, 6.07) is 9.02. The third-order valence-corrected chi connectivity index (χ3v) is 5.40. The molecule has 0 aliphatic rings. The van der Waals surface area contributed by atoms with Crippen LogP contribution < -0.4 is 0 Å². The second-order valence-electron chi connectivity index (χ2n) is 5.70. The maximum atomic E-state index is 13.1. The van der Waals surface area contributed by atoms with E-state index < -0.39 is 17.7 Å². The van der Waals surface area contributed by atoms with Crippen LogP contribution in [0.15, 0.2) is 52.5 Å². The summed E-state index contributed by atoms with van der Waals surface area (Å²) in [5.41, 5.74) is 0.458. The Morgan fingerprint density at radius 1 is 1.23 bits per heavy atom. The summed E-state index contributed by atoms with van der Waals surface area (Å²) in [6.07, 6.45) is -3.52. The summed E-state index contributed by atoms with van der Waals surface area (Å²) < 4.78 is 40.8. The normalized spacial score (nSPS) is 11.9. The fourth-order valence-corrected chi connectivity index (χ4v) is 3.86. The minimum Gasteiger partial charge on any atom is -0.481 e. The predicted molar refractivity (Wildman–Crippen MR) is 94.1 cm³/mol. The number of alkyl halides is 3. The van der Waals surface area contributed by atoms with E-state index in [4.69, 9.17) is 16.7 Å². The van der Waals surface area contributed by atoms with Crippen molar-refractivity contribution in [1.82, 2.24) is 4.40 Å². The predicted octanol–water partition coefficient (Wildman–Crippen LogP) is 5.70. The number of carboxylic acid groups (broad SMARTS) is 1. The van der Waals surface area contributed by atoms with Gasteiger partial charge in [-0.2, -0.15) is 13.2 Å². The topological polar surface area (TPSA) is 41.7 Å². The number of hydrogen-bond donors (Lipinski definition) is 1. The summed E-state index contributed by atoms with van der Waals surface area (Å²) >= 11 is 7.22. The largest absolute Gasteiger partial charge is 0.481 e. The summed E-state index contributed by atoms with van der Waals surface area (Å²) in [5.74, 6) is -1.10. The molecule has 0 amide bonds. The zero-order valence-corrected chi connectivity index (χ0v) is 15.0. The number of aliphatic carboxylic acids is 1. The van der Waals surface area contributed by atoms with Crippen molar-refractivity contribution < 1.29 is 23.1 Å². The Morgan fingerprint density at radius 3 is 2.46 bits per heavy atom. The van der Waals surface area contributed by atoms with E-state index >= 15 is 0 Å². The molecule has 0 aliphatic carbocycles. The molecule has 0 radical (unpaired) electrons. The molecule has 136 valence electrons. The maximum Gasteiger partial charge on any atom is 0.416 e. The summed E-state index contributed by atoms with van der Waals surface area (Å²) in [5, 5.41) is 10.4. The summed E-state index contributed by atoms with van der Waals surface area (Å²) in [6.45, 7) is 1.72. The lowest BCUT2D eigenvalue weighted by atomic mass is 10.1. The van der Waals surface area contributed by atoms with Gasteiger partial charge in [0.15, 0.2) is 0 Å². The van der Waals surface area contributed by atoms with Crippen molar-refractivity contribution in [2.75, 3.05) is 0 Å². The van der Waals surface area contributed by atoms with Crippen LogP contribution in [0.1, 0.15) is 16.7 Å². The molecule has 2 heterocycles. The molecular formula is C18H13ClF3NO2S. The SMILES string of the molecule is Cc1c(CC(=O)O)c2cc(C(F)(F)F)ccn2c1Sc1ccc(Cl)cc1. The van der Waals surface area contributed by atoms with Crippen molar-refractivity contribution in [3.8, 4) is 0 Å². The van der Waals surface area contributed by atoms with Crippen LogP contribution in [0.2, 0.25) is 5.02 Å². The Morgan fingerprint density at radius 2 is 1.88 bits per heavy atom. The Bertz CT molecular complexity index is 981. The molecule has 1 aromatic carbocycles. The van der Waals surface area contributed by atoms with Gasteiger partial charge < -0.3 is 9.51 Å². The number of fused-ring (bicyclic) bond motifs is 1. The zero-order valence-electron chi connectivity index (χ0n) is 13.5. The fourth-order valence-electron chi connectivity index (χ4n) is 2.70. The van der Waals surface area contributed by atoms with Gasteiger partial charge in [0.1, 0.15) is 0 Å². The average molecular weight is 400 g/mol. The lowest BCUT2D eigenvalue weighted by Gasteiger charge is -2.09. The highest BCUT2D eigenvalue weighted by Gasteiger charge is 2.31. The lowest BCUT2D eigenvalue weighted by molar-refractivity contribution is -0.137. The molecule has 0 atom stereocenters. The number of carboxylic acids is 1. The molecule has 1 N–H and O–H groups in total. The number of pyridine rings is 1. The van der Waals surface area contributed by atoms with Crippen molar-refractivity contribution in [1.29, 1.82) is 0 Å². The van der Waals surface area contributed by atoms with Gasteiger partial charge in [0.05, 0.1) is 22.5 Å². The maximum absolute atomic E-state index is 13.1. The van der Waals surface area contributed by atoms with Crippen molar-refractivity contribution >= 4 is 34.8 Å². The Kier molecular flexibility index (Phi) is 4.94. The minimum absolute atomic E-state index is 0.246. The van der Waals surface area contributed by atoms with E-state index in [2.05, 4.69) is 0 Å². The van der Waals surface area contributed by atoms with Gasteiger partial charge in [-0.15, -0.1) is 0 Å². The van der Waals surface area contributed by atoms with Gasteiger partial charge in [0.25, 0.3) is 0 Å². The fraction of sp³-hybridized carbons (Fsp3) is 0.167. The smallest absolute Gasteiger partial charge is 0.416 e. The van der Waals surface area contributed by atoms with E-state index in [0.717, 1.165) is 17.0 Å². The lowest BCUT2D eigenvalue weighted by Crippen LogP contribution is -2.06. The monoisotopic (exact) mass is 399 g/mol. The molecule has 3 rings (SSSR count).